The Kier molecular flexibility index (Phi) is 7.80. The highest BCUT2D eigenvalue weighted by atomic mass is 35.5. The molecule has 2 N–H and O–H groups in total. The highest BCUT2D eigenvalue weighted by Crippen LogP contribution is 2.28. The molecule has 2 rings (SSSR count). The molecular formula is C20H27ClN2O. The summed E-state index contributed by atoms with van der Waals surface area (Å²) in [4.78, 5) is 14.5. The van der Waals surface area contributed by atoms with Crippen LogP contribution in [-0.4, -0.2) is 17.9 Å². The molecule has 2 aromatic carbocycles. The van der Waals surface area contributed by atoms with Crippen LogP contribution >= 0.6 is 12.4 Å². The van der Waals surface area contributed by atoms with Crippen molar-refractivity contribution < 1.29 is 4.79 Å². The molecule has 0 fully saturated rings. The second kappa shape index (κ2) is 9.33. The molecule has 0 aliphatic carbocycles. The quantitative estimate of drug-likeness (QED) is 0.784. The zero-order chi connectivity index (χ0) is 16.8. The second-order valence-electron chi connectivity index (χ2n) is 6.30. The third-order valence-corrected chi connectivity index (χ3v) is 4.25. The number of anilines is 1. The highest BCUT2D eigenvalue weighted by Gasteiger charge is 2.24. The number of carbonyl (C=O) groups is 1. The first-order chi connectivity index (χ1) is 11.0. The molecular weight excluding hydrogens is 320 g/mol. The fourth-order valence-corrected chi connectivity index (χ4v) is 3.04. The van der Waals surface area contributed by atoms with Crippen LogP contribution in [0.25, 0.3) is 0 Å². The summed E-state index contributed by atoms with van der Waals surface area (Å²) < 4.78 is 0. The molecule has 130 valence electrons. The van der Waals surface area contributed by atoms with E-state index in [1.807, 2.05) is 54.4 Å². The summed E-state index contributed by atoms with van der Waals surface area (Å²) in [6.45, 7) is 4.30. The second-order valence-corrected chi connectivity index (χ2v) is 6.30. The number of carbonyl (C=O) groups excluding carboxylic acids is 1. The average Bonchev–Trinajstić information content (AvgIpc) is 2.54. The minimum absolute atomic E-state index is 0. The number of halogens is 1. The van der Waals surface area contributed by atoms with Gasteiger partial charge in [0.2, 0.25) is 5.91 Å². The summed E-state index contributed by atoms with van der Waals surface area (Å²) in [6, 6.07) is 18.1. The van der Waals surface area contributed by atoms with Gasteiger partial charge >= 0.3 is 0 Å². The number of amides is 1. The number of nitrogens with zero attached hydrogens (tertiary/aromatic N) is 1. The van der Waals surface area contributed by atoms with Crippen LogP contribution in [-0.2, 0) is 11.2 Å². The lowest BCUT2D eigenvalue weighted by atomic mass is 9.94. The van der Waals surface area contributed by atoms with Crippen molar-refractivity contribution in [2.24, 2.45) is 5.92 Å². The van der Waals surface area contributed by atoms with Gasteiger partial charge in [-0.2, -0.15) is 0 Å². The lowest BCUT2D eigenvalue weighted by Gasteiger charge is -2.32. The molecule has 0 aliphatic rings. The summed E-state index contributed by atoms with van der Waals surface area (Å²) in [5.41, 5.74) is 8.93. The van der Waals surface area contributed by atoms with Gasteiger partial charge in [0.1, 0.15) is 0 Å². The van der Waals surface area contributed by atoms with Crippen molar-refractivity contribution in [2.45, 2.75) is 32.7 Å². The van der Waals surface area contributed by atoms with Crippen molar-refractivity contribution in [3.8, 4) is 0 Å². The van der Waals surface area contributed by atoms with E-state index in [0.717, 1.165) is 11.3 Å². The zero-order valence-electron chi connectivity index (χ0n) is 14.6. The van der Waals surface area contributed by atoms with E-state index in [-0.39, 0.29) is 24.4 Å². The van der Waals surface area contributed by atoms with Crippen LogP contribution in [0.5, 0.6) is 0 Å². The van der Waals surface area contributed by atoms with E-state index in [9.17, 15) is 4.79 Å². The van der Waals surface area contributed by atoms with E-state index in [1.165, 1.54) is 5.56 Å². The maximum Gasteiger partial charge on any atom is 0.223 e. The fourth-order valence-electron chi connectivity index (χ4n) is 3.04. The molecule has 0 saturated heterocycles. The van der Waals surface area contributed by atoms with Gasteiger partial charge in [-0.05, 0) is 29.5 Å². The Morgan fingerprint density at radius 1 is 1.04 bits per heavy atom. The average molecular weight is 347 g/mol. The molecule has 1 atom stereocenters. The van der Waals surface area contributed by atoms with Gasteiger partial charge in [-0.25, -0.2) is 0 Å². The molecule has 0 radical (unpaired) electrons. The lowest BCUT2D eigenvalue weighted by Crippen LogP contribution is -2.34. The van der Waals surface area contributed by atoms with Crippen molar-refractivity contribution in [3.05, 3.63) is 65.7 Å². The number of benzene rings is 2. The van der Waals surface area contributed by atoms with E-state index in [1.54, 1.807) is 0 Å². The summed E-state index contributed by atoms with van der Waals surface area (Å²) in [5.74, 6) is 0.504. The summed E-state index contributed by atoms with van der Waals surface area (Å²) >= 11 is 0. The third-order valence-electron chi connectivity index (χ3n) is 4.25. The van der Waals surface area contributed by atoms with E-state index >= 15 is 0 Å². The van der Waals surface area contributed by atoms with E-state index in [2.05, 4.69) is 26.0 Å². The minimum Gasteiger partial charge on any atom is -0.399 e. The summed E-state index contributed by atoms with van der Waals surface area (Å²) in [5, 5.41) is 0. The van der Waals surface area contributed by atoms with Gasteiger partial charge in [-0.15, -0.1) is 12.4 Å². The van der Waals surface area contributed by atoms with Crippen LogP contribution in [0.1, 0.15) is 37.4 Å². The van der Waals surface area contributed by atoms with Crippen molar-refractivity contribution in [1.82, 2.24) is 4.90 Å². The zero-order valence-corrected chi connectivity index (χ0v) is 15.4. The molecule has 4 heteroatoms. The van der Waals surface area contributed by atoms with Crippen LogP contribution in [0.4, 0.5) is 5.69 Å². The maximum absolute atomic E-state index is 12.6. The van der Waals surface area contributed by atoms with Gasteiger partial charge in [0.25, 0.3) is 0 Å². The van der Waals surface area contributed by atoms with E-state index in [4.69, 9.17) is 5.73 Å². The van der Waals surface area contributed by atoms with Crippen molar-refractivity contribution in [1.29, 1.82) is 0 Å². The van der Waals surface area contributed by atoms with Gasteiger partial charge < -0.3 is 10.6 Å². The van der Waals surface area contributed by atoms with Crippen LogP contribution in [0.15, 0.2) is 54.6 Å². The van der Waals surface area contributed by atoms with Gasteiger partial charge in [0.15, 0.2) is 0 Å². The molecule has 0 aliphatic heterocycles. The number of aryl methyl sites for hydroxylation is 1. The molecule has 0 saturated carbocycles. The summed E-state index contributed by atoms with van der Waals surface area (Å²) in [7, 11) is 1.90. The van der Waals surface area contributed by atoms with Crippen LogP contribution in [0.2, 0.25) is 0 Å². The van der Waals surface area contributed by atoms with E-state index < -0.39 is 0 Å². The predicted molar refractivity (Wildman–Crippen MR) is 103 cm³/mol. The third kappa shape index (κ3) is 5.00. The number of nitrogens with two attached hydrogens (primary N) is 1. The molecule has 2 aromatic rings. The van der Waals surface area contributed by atoms with Crippen LogP contribution in [0, 0.1) is 5.92 Å². The van der Waals surface area contributed by atoms with Gasteiger partial charge in [0.05, 0.1) is 6.04 Å². The topological polar surface area (TPSA) is 46.3 Å². The predicted octanol–water partition coefficient (Wildman–Crippen LogP) is 4.48. The first kappa shape index (κ1) is 20.0. The molecule has 24 heavy (non-hydrogen) atoms. The number of para-hydroxylation sites is 1. The SMILES string of the molecule is CC(C)C(c1ccccc1)N(C)C(=O)CCc1ccccc1N.Cl. The van der Waals surface area contributed by atoms with E-state index in [0.29, 0.717) is 18.8 Å². The van der Waals surface area contributed by atoms with Crippen LogP contribution in [0.3, 0.4) is 0 Å². The van der Waals surface area contributed by atoms with Crippen molar-refractivity contribution >= 4 is 24.0 Å². The first-order valence-electron chi connectivity index (χ1n) is 8.14. The fraction of sp³-hybridized carbons (Fsp3) is 0.350. The maximum atomic E-state index is 12.6. The molecule has 3 nitrogen and oxygen atoms in total. The monoisotopic (exact) mass is 346 g/mol. The Balaban J connectivity index is 0.00000288. The van der Waals surface area contributed by atoms with Crippen molar-refractivity contribution in [3.63, 3.8) is 0 Å². The first-order valence-corrected chi connectivity index (χ1v) is 8.14. The number of rotatable bonds is 6. The standard InChI is InChI=1S/C20H26N2O.ClH/c1-15(2)20(17-10-5-4-6-11-17)22(3)19(23)14-13-16-9-7-8-12-18(16)21;/h4-12,15,20H,13-14,21H2,1-3H3;1H. The summed E-state index contributed by atoms with van der Waals surface area (Å²) in [6.07, 6.45) is 1.15. The molecule has 0 bridgehead atoms. The number of hydrogen-bond acceptors (Lipinski definition) is 2. The Morgan fingerprint density at radius 3 is 2.21 bits per heavy atom. The molecule has 1 amide bonds. The Morgan fingerprint density at radius 2 is 1.62 bits per heavy atom. The normalized spacial score (nSPS) is 11.7. The number of hydrogen-bond donors (Lipinski definition) is 1. The minimum atomic E-state index is 0. The lowest BCUT2D eigenvalue weighted by molar-refractivity contribution is -0.133. The smallest absolute Gasteiger partial charge is 0.223 e. The molecule has 1 unspecified atom stereocenters. The van der Waals surface area contributed by atoms with Crippen LogP contribution < -0.4 is 5.73 Å². The van der Waals surface area contributed by atoms with Gasteiger partial charge in [0, 0.05) is 19.2 Å². The Bertz CT molecular complexity index is 643. The largest absolute Gasteiger partial charge is 0.399 e. The Labute approximate surface area is 151 Å². The molecule has 0 heterocycles. The van der Waals surface area contributed by atoms with Crippen molar-refractivity contribution in [2.75, 3.05) is 12.8 Å². The van der Waals surface area contributed by atoms with Gasteiger partial charge in [-0.1, -0.05) is 62.4 Å². The number of nitrogen functional groups attached to an aromatic ring is 1. The van der Waals surface area contributed by atoms with Gasteiger partial charge in [-0.3, -0.25) is 4.79 Å². The highest BCUT2D eigenvalue weighted by molar-refractivity contribution is 5.85. The molecule has 0 spiro atoms. The Hall–Kier alpha value is -2.00. The molecule has 0 aromatic heterocycles.